The lowest BCUT2D eigenvalue weighted by Crippen LogP contribution is -2.58. The standard InChI is InChI=1S/C13H24NO9P/c14-13(7-15,8-16)12(23)24(4-1-9(17)18,5-2-10(19)20)6-3-11(21)22/h12,15-16,23H,1-8,14H2,(H2-,17,18,19,20,21,22)/p+1. The van der Waals surface area contributed by atoms with Crippen molar-refractivity contribution in [2.45, 2.75) is 30.6 Å². The molecule has 1 unspecified atom stereocenters. The van der Waals surface area contributed by atoms with E-state index < -0.39 is 69.0 Å². The van der Waals surface area contributed by atoms with Gasteiger partial charge in [-0.15, -0.1) is 0 Å². The van der Waals surface area contributed by atoms with Gasteiger partial charge in [0, 0.05) is 7.26 Å². The summed E-state index contributed by atoms with van der Waals surface area (Å²) >= 11 is 0. The normalized spacial score (nSPS) is 13.5. The third-order valence-corrected chi connectivity index (χ3v) is 8.83. The van der Waals surface area contributed by atoms with Gasteiger partial charge >= 0.3 is 17.9 Å². The van der Waals surface area contributed by atoms with E-state index in [4.69, 9.17) is 21.1 Å². The first kappa shape index (κ1) is 22.7. The van der Waals surface area contributed by atoms with Crippen LogP contribution in [0.3, 0.4) is 0 Å². The number of aliphatic hydroxyl groups is 3. The van der Waals surface area contributed by atoms with E-state index in [0.29, 0.717) is 0 Å². The molecule has 10 nitrogen and oxygen atoms in total. The molecule has 0 aromatic heterocycles. The molecule has 0 rings (SSSR count). The Bertz CT molecular complexity index is 407. The monoisotopic (exact) mass is 370 g/mol. The molecule has 0 bridgehead atoms. The highest BCUT2D eigenvalue weighted by Crippen LogP contribution is 2.65. The van der Waals surface area contributed by atoms with E-state index in [1.54, 1.807) is 0 Å². The summed E-state index contributed by atoms with van der Waals surface area (Å²) in [7, 11) is -2.94. The third-order valence-electron chi connectivity index (χ3n) is 3.93. The lowest BCUT2D eigenvalue weighted by atomic mass is 10.1. The first-order valence-electron chi connectivity index (χ1n) is 7.23. The van der Waals surface area contributed by atoms with E-state index in [-0.39, 0.29) is 18.5 Å². The molecular formula is C13H25NO9P+. The molecule has 140 valence electrons. The average Bonchev–Trinajstić information content (AvgIpc) is 2.52. The Morgan fingerprint density at radius 3 is 1.33 bits per heavy atom. The first-order valence-corrected chi connectivity index (χ1v) is 9.64. The second kappa shape index (κ2) is 9.85. The summed E-state index contributed by atoms with van der Waals surface area (Å²) in [5, 5.41) is 56.1. The number of hydrogen-bond acceptors (Lipinski definition) is 7. The molecule has 0 aliphatic heterocycles. The third kappa shape index (κ3) is 6.66. The Kier molecular flexibility index (Phi) is 9.31. The lowest BCUT2D eigenvalue weighted by Gasteiger charge is -2.39. The van der Waals surface area contributed by atoms with Crippen molar-refractivity contribution in [2.24, 2.45) is 5.73 Å². The minimum atomic E-state index is -2.94. The zero-order valence-corrected chi connectivity index (χ0v) is 14.1. The smallest absolute Gasteiger partial charge is 0.307 e. The van der Waals surface area contributed by atoms with Crippen LogP contribution >= 0.6 is 7.26 Å². The van der Waals surface area contributed by atoms with Crippen molar-refractivity contribution in [2.75, 3.05) is 31.7 Å². The summed E-state index contributed by atoms with van der Waals surface area (Å²) in [4.78, 5) is 32.7. The van der Waals surface area contributed by atoms with Crippen LogP contribution in [0.2, 0.25) is 0 Å². The van der Waals surface area contributed by atoms with Crippen molar-refractivity contribution in [3.05, 3.63) is 0 Å². The zero-order valence-electron chi connectivity index (χ0n) is 13.2. The number of carboxylic acids is 3. The molecule has 0 amide bonds. The maximum absolute atomic E-state index is 10.9. The van der Waals surface area contributed by atoms with E-state index in [1.165, 1.54) is 0 Å². The van der Waals surface area contributed by atoms with Crippen LogP contribution in [0.25, 0.3) is 0 Å². The molecular weight excluding hydrogens is 345 g/mol. The van der Waals surface area contributed by atoms with E-state index in [2.05, 4.69) is 0 Å². The van der Waals surface area contributed by atoms with E-state index >= 15 is 0 Å². The minimum Gasteiger partial charge on any atom is -0.481 e. The van der Waals surface area contributed by atoms with Gasteiger partial charge in [-0.05, 0) is 0 Å². The molecule has 0 saturated carbocycles. The van der Waals surface area contributed by atoms with Gasteiger partial charge in [0.2, 0.25) is 0 Å². The second-order valence-electron chi connectivity index (χ2n) is 5.74. The summed E-state index contributed by atoms with van der Waals surface area (Å²) in [5.74, 6) is -5.15. The molecule has 0 heterocycles. The van der Waals surface area contributed by atoms with Crippen LogP contribution in [0.15, 0.2) is 0 Å². The highest BCUT2D eigenvalue weighted by molar-refractivity contribution is 7.76. The van der Waals surface area contributed by atoms with Crippen molar-refractivity contribution in [1.82, 2.24) is 0 Å². The van der Waals surface area contributed by atoms with Gasteiger partial charge in [-0.2, -0.15) is 0 Å². The topological polar surface area (TPSA) is 199 Å². The average molecular weight is 370 g/mol. The summed E-state index contributed by atoms with van der Waals surface area (Å²) < 4.78 is 0. The van der Waals surface area contributed by atoms with Crippen LogP contribution in [-0.2, 0) is 14.4 Å². The summed E-state index contributed by atoms with van der Waals surface area (Å²) in [6.07, 6.45) is -1.62. The Hall–Kier alpha value is -1.32. The number of aliphatic hydroxyl groups excluding tert-OH is 3. The Balaban J connectivity index is 5.75. The van der Waals surface area contributed by atoms with Gasteiger partial charge in [0.15, 0.2) is 5.85 Å². The van der Waals surface area contributed by atoms with Gasteiger partial charge in [0.05, 0.1) is 51.0 Å². The first-order chi connectivity index (χ1) is 11.0. The zero-order chi connectivity index (χ0) is 19.0. The fraction of sp³-hybridized carbons (Fsp3) is 0.769. The van der Waals surface area contributed by atoms with Crippen LogP contribution in [0.1, 0.15) is 19.3 Å². The molecule has 0 fully saturated rings. The largest absolute Gasteiger partial charge is 0.481 e. The Labute approximate surface area is 139 Å². The number of carbonyl (C=O) groups is 3. The Morgan fingerprint density at radius 2 is 1.12 bits per heavy atom. The number of nitrogens with two attached hydrogens (primary N) is 1. The maximum Gasteiger partial charge on any atom is 0.307 e. The molecule has 0 saturated heterocycles. The van der Waals surface area contributed by atoms with Crippen LogP contribution in [0.4, 0.5) is 0 Å². The van der Waals surface area contributed by atoms with Crippen molar-refractivity contribution < 1.29 is 45.0 Å². The van der Waals surface area contributed by atoms with Crippen molar-refractivity contribution in [3.63, 3.8) is 0 Å². The number of hydrogen-bond donors (Lipinski definition) is 7. The van der Waals surface area contributed by atoms with E-state index in [0.717, 1.165) is 0 Å². The molecule has 24 heavy (non-hydrogen) atoms. The lowest BCUT2D eigenvalue weighted by molar-refractivity contribution is -0.137. The molecule has 8 N–H and O–H groups in total. The molecule has 1 atom stereocenters. The highest BCUT2D eigenvalue weighted by atomic mass is 31.2. The second-order valence-corrected chi connectivity index (χ2v) is 10.0. The molecule has 0 aliphatic carbocycles. The fourth-order valence-electron chi connectivity index (χ4n) is 2.42. The minimum absolute atomic E-state index is 0.136. The number of aliphatic carboxylic acids is 3. The fourth-order valence-corrected chi connectivity index (χ4v) is 6.98. The van der Waals surface area contributed by atoms with Gasteiger partial charge < -0.3 is 36.4 Å². The van der Waals surface area contributed by atoms with Crippen LogP contribution in [0, 0.1) is 0 Å². The van der Waals surface area contributed by atoms with Crippen molar-refractivity contribution in [3.8, 4) is 0 Å². The molecule has 0 radical (unpaired) electrons. The van der Waals surface area contributed by atoms with Crippen molar-refractivity contribution >= 4 is 25.2 Å². The van der Waals surface area contributed by atoms with Gasteiger partial charge in [0.1, 0.15) is 5.54 Å². The predicted molar refractivity (Wildman–Crippen MR) is 85.4 cm³/mol. The Morgan fingerprint density at radius 1 is 0.833 bits per heavy atom. The highest BCUT2D eigenvalue weighted by Gasteiger charge is 2.54. The quantitative estimate of drug-likeness (QED) is 0.186. The maximum atomic E-state index is 10.9. The van der Waals surface area contributed by atoms with Gasteiger partial charge in [-0.3, -0.25) is 14.4 Å². The number of rotatable bonds is 13. The molecule has 0 aromatic carbocycles. The van der Waals surface area contributed by atoms with Gasteiger partial charge in [-0.1, -0.05) is 0 Å². The van der Waals surface area contributed by atoms with Crippen molar-refractivity contribution in [1.29, 1.82) is 0 Å². The molecule has 11 heteroatoms. The van der Waals surface area contributed by atoms with E-state index in [1.807, 2.05) is 0 Å². The summed E-state index contributed by atoms with van der Waals surface area (Å²) in [6.45, 7) is -1.64. The molecule has 0 aromatic rings. The summed E-state index contributed by atoms with van der Waals surface area (Å²) in [6, 6.07) is 0. The van der Waals surface area contributed by atoms with Crippen LogP contribution in [-0.4, -0.2) is 91.6 Å². The van der Waals surface area contributed by atoms with Crippen LogP contribution < -0.4 is 5.73 Å². The van der Waals surface area contributed by atoms with Crippen LogP contribution in [0.5, 0.6) is 0 Å². The summed E-state index contributed by atoms with van der Waals surface area (Å²) in [5.41, 5.74) is 3.91. The SMILES string of the molecule is NC(CO)(CO)C(O)[P+](CCC(=O)O)(CCC(=O)O)CCC(=O)O. The molecule has 0 aliphatic rings. The predicted octanol–water partition coefficient (Wildman–Crippen LogP) is -1.57. The van der Waals surface area contributed by atoms with Gasteiger partial charge in [0.25, 0.3) is 0 Å². The number of carboxylic acid groups (broad SMARTS) is 3. The van der Waals surface area contributed by atoms with Gasteiger partial charge in [-0.25, -0.2) is 0 Å². The molecule has 0 spiro atoms. The van der Waals surface area contributed by atoms with E-state index in [9.17, 15) is 29.7 Å².